The van der Waals surface area contributed by atoms with Gasteiger partial charge in [-0.25, -0.2) is 4.79 Å². The van der Waals surface area contributed by atoms with Crippen LogP contribution in [0.1, 0.15) is 12.8 Å². The van der Waals surface area contributed by atoms with E-state index in [0.29, 0.717) is 6.42 Å². The first-order valence-electron chi connectivity index (χ1n) is 8.25. The molecule has 0 heterocycles. The number of aliphatic hydroxyl groups excluding tert-OH is 2. The summed E-state index contributed by atoms with van der Waals surface area (Å²) >= 11 is 0. The molecule has 3 amide bonds. The van der Waals surface area contributed by atoms with Gasteiger partial charge in [-0.2, -0.15) is 0 Å². The number of nitrogens with two attached hydrogens (primary N) is 3. The van der Waals surface area contributed by atoms with Crippen molar-refractivity contribution in [3.05, 3.63) is 0 Å². The van der Waals surface area contributed by atoms with Crippen molar-refractivity contribution >= 4 is 29.7 Å². The van der Waals surface area contributed by atoms with Gasteiger partial charge in [-0.1, -0.05) is 0 Å². The Morgan fingerprint density at radius 1 is 0.964 bits per heavy atom. The maximum atomic E-state index is 11.9. The Morgan fingerprint density at radius 2 is 1.61 bits per heavy atom. The van der Waals surface area contributed by atoms with Crippen LogP contribution in [0.25, 0.3) is 0 Å². The number of carboxylic acid groups (broad SMARTS) is 1. The minimum Gasteiger partial charge on any atom is -0.480 e. The Kier molecular flexibility index (Phi) is 11.8. The van der Waals surface area contributed by atoms with Crippen LogP contribution in [0.5, 0.6) is 0 Å². The van der Waals surface area contributed by atoms with E-state index in [4.69, 9.17) is 32.5 Å². The van der Waals surface area contributed by atoms with Crippen LogP contribution in [0.3, 0.4) is 0 Å². The van der Waals surface area contributed by atoms with Gasteiger partial charge in [0.15, 0.2) is 5.96 Å². The van der Waals surface area contributed by atoms with Gasteiger partial charge in [0.1, 0.15) is 18.1 Å². The first-order chi connectivity index (χ1) is 13.1. The molecule has 3 unspecified atom stereocenters. The van der Waals surface area contributed by atoms with Crippen molar-refractivity contribution in [3.8, 4) is 0 Å². The van der Waals surface area contributed by atoms with Crippen LogP contribution in [-0.4, -0.2) is 89.4 Å². The lowest BCUT2D eigenvalue weighted by molar-refractivity contribution is -0.142. The zero-order valence-electron chi connectivity index (χ0n) is 15.1. The van der Waals surface area contributed by atoms with Gasteiger partial charge < -0.3 is 48.5 Å². The highest BCUT2D eigenvalue weighted by molar-refractivity contribution is 5.92. The van der Waals surface area contributed by atoms with Crippen molar-refractivity contribution in [2.45, 2.75) is 31.0 Å². The fourth-order valence-electron chi connectivity index (χ4n) is 1.85. The van der Waals surface area contributed by atoms with Gasteiger partial charge in [0.25, 0.3) is 0 Å². The summed E-state index contributed by atoms with van der Waals surface area (Å²) in [7, 11) is 0. The highest BCUT2D eigenvalue weighted by Crippen LogP contribution is 1.98. The van der Waals surface area contributed by atoms with Crippen molar-refractivity contribution < 1.29 is 34.5 Å². The van der Waals surface area contributed by atoms with Gasteiger partial charge in [-0.3, -0.25) is 19.4 Å². The number of hydrogen-bond donors (Lipinski definition) is 9. The predicted octanol–water partition coefficient (Wildman–Crippen LogP) is -5.48. The number of aliphatic hydroxyl groups is 2. The molecule has 14 heteroatoms. The van der Waals surface area contributed by atoms with E-state index in [-0.39, 0.29) is 18.9 Å². The second kappa shape index (κ2) is 13.2. The Labute approximate surface area is 160 Å². The van der Waals surface area contributed by atoms with Crippen molar-refractivity contribution in [1.82, 2.24) is 16.0 Å². The van der Waals surface area contributed by atoms with Gasteiger partial charge in [0, 0.05) is 6.54 Å². The lowest BCUT2D eigenvalue weighted by Gasteiger charge is -2.18. The quantitative estimate of drug-likeness (QED) is 0.0797. The number of carboxylic acids is 1. The highest BCUT2D eigenvalue weighted by atomic mass is 16.4. The standard InChI is InChI=1S/C14H27N7O7/c15-7(5-22)11(25)21-9(6-23)12(26)19-4-10(24)20-8(13(27)28)2-1-3-18-14(16)17/h7-9,22-23H,1-6,15H2,(H,19,26)(H,20,24)(H,21,25)(H,27,28)(H4,16,17,18). The molecule has 0 aromatic carbocycles. The molecule has 0 spiro atoms. The number of nitrogens with one attached hydrogen (secondary N) is 3. The Bertz CT molecular complexity index is 580. The second-order valence-corrected chi connectivity index (χ2v) is 5.66. The van der Waals surface area contributed by atoms with E-state index in [1.807, 2.05) is 0 Å². The second-order valence-electron chi connectivity index (χ2n) is 5.66. The molecule has 0 aliphatic heterocycles. The number of carbonyl (C=O) groups is 4. The Hall–Kier alpha value is -2.97. The molecule has 0 saturated carbocycles. The zero-order chi connectivity index (χ0) is 21.7. The van der Waals surface area contributed by atoms with Crippen LogP contribution in [-0.2, 0) is 19.2 Å². The number of amides is 3. The molecule has 0 aromatic heterocycles. The summed E-state index contributed by atoms with van der Waals surface area (Å²) in [6.07, 6.45) is 0.353. The van der Waals surface area contributed by atoms with Crippen molar-refractivity contribution in [3.63, 3.8) is 0 Å². The van der Waals surface area contributed by atoms with Gasteiger partial charge in [0.2, 0.25) is 17.7 Å². The van der Waals surface area contributed by atoms with Gasteiger partial charge in [-0.05, 0) is 12.8 Å². The van der Waals surface area contributed by atoms with E-state index in [9.17, 15) is 19.2 Å². The average molecular weight is 405 g/mol. The molecular formula is C14H27N7O7. The molecule has 14 nitrogen and oxygen atoms in total. The van der Waals surface area contributed by atoms with E-state index in [2.05, 4.69) is 20.9 Å². The van der Waals surface area contributed by atoms with Gasteiger partial charge in [0.05, 0.1) is 19.8 Å². The lowest BCUT2D eigenvalue weighted by atomic mass is 10.1. The molecule has 160 valence electrons. The van der Waals surface area contributed by atoms with E-state index in [0.717, 1.165) is 0 Å². The summed E-state index contributed by atoms with van der Waals surface area (Å²) in [5.41, 5.74) is 15.6. The van der Waals surface area contributed by atoms with Crippen LogP contribution < -0.4 is 33.2 Å². The lowest BCUT2D eigenvalue weighted by Crippen LogP contribution is -2.55. The molecular weight excluding hydrogens is 378 g/mol. The smallest absolute Gasteiger partial charge is 0.326 e. The monoisotopic (exact) mass is 405 g/mol. The first-order valence-corrected chi connectivity index (χ1v) is 8.25. The van der Waals surface area contributed by atoms with Crippen LogP contribution in [0, 0.1) is 0 Å². The van der Waals surface area contributed by atoms with Crippen molar-refractivity contribution in [1.29, 1.82) is 0 Å². The molecule has 0 radical (unpaired) electrons. The molecule has 0 fully saturated rings. The first kappa shape index (κ1) is 25.0. The molecule has 0 aliphatic carbocycles. The number of nitrogens with zero attached hydrogens (tertiary/aromatic N) is 1. The number of hydrogen-bond acceptors (Lipinski definition) is 8. The third kappa shape index (κ3) is 10.2. The number of guanidine groups is 1. The molecule has 0 aromatic rings. The Morgan fingerprint density at radius 3 is 2.11 bits per heavy atom. The maximum Gasteiger partial charge on any atom is 0.326 e. The summed E-state index contributed by atoms with van der Waals surface area (Å²) in [6.45, 7) is -1.84. The van der Waals surface area contributed by atoms with Gasteiger partial charge in [-0.15, -0.1) is 0 Å². The fraction of sp³-hybridized carbons (Fsp3) is 0.643. The SMILES string of the molecule is NC(N)=NCCCC(NC(=O)CNC(=O)C(CO)NC(=O)C(N)CO)C(=O)O. The van der Waals surface area contributed by atoms with Crippen LogP contribution in [0.4, 0.5) is 0 Å². The van der Waals surface area contributed by atoms with Crippen molar-refractivity contribution in [2.24, 2.45) is 22.2 Å². The fourth-order valence-corrected chi connectivity index (χ4v) is 1.85. The van der Waals surface area contributed by atoms with Crippen LogP contribution in [0.2, 0.25) is 0 Å². The Balaban J connectivity index is 4.50. The van der Waals surface area contributed by atoms with E-state index in [1.54, 1.807) is 0 Å². The molecule has 0 aliphatic rings. The highest BCUT2D eigenvalue weighted by Gasteiger charge is 2.24. The van der Waals surface area contributed by atoms with E-state index in [1.165, 1.54) is 0 Å². The maximum absolute atomic E-state index is 11.9. The predicted molar refractivity (Wildman–Crippen MR) is 96.6 cm³/mol. The average Bonchev–Trinajstić information content (AvgIpc) is 2.64. The molecule has 0 bridgehead atoms. The third-order valence-corrected chi connectivity index (χ3v) is 3.35. The summed E-state index contributed by atoms with van der Waals surface area (Å²) in [5.74, 6) is -3.96. The molecule has 0 rings (SSSR count). The molecule has 12 N–H and O–H groups in total. The van der Waals surface area contributed by atoms with Crippen LogP contribution >= 0.6 is 0 Å². The minimum atomic E-state index is -1.40. The number of aliphatic carboxylic acids is 1. The largest absolute Gasteiger partial charge is 0.480 e. The zero-order valence-corrected chi connectivity index (χ0v) is 15.1. The number of carbonyl (C=O) groups excluding carboxylic acids is 3. The third-order valence-electron chi connectivity index (χ3n) is 3.35. The summed E-state index contributed by atoms with van der Waals surface area (Å²) in [5, 5.41) is 33.5. The van der Waals surface area contributed by atoms with Gasteiger partial charge >= 0.3 is 5.97 Å². The number of aliphatic imine (C=N–C) groups is 1. The summed E-state index contributed by atoms with van der Waals surface area (Å²) < 4.78 is 0. The summed E-state index contributed by atoms with van der Waals surface area (Å²) in [6, 6.07) is -3.89. The van der Waals surface area contributed by atoms with E-state index >= 15 is 0 Å². The van der Waals surface area contributed by atoms with Crippen LogP contribution in [0.15, 0.2) is 4.99 Å². The molecule has 28 heavy (non-hydrogen) atoms. The minimum absolute atomic E-state index is 0.0557. The normalized spacial score (nSPS) is 13.5. The topological polar surface area (TPSA) is 255 Å². The number of rotatable bonds is 13. The van der Waals surface area contributed by atoms with E-state index < -0.39 is 61.6 Å². The summed E-state index contributed by atoms with van der Waals surface area (Å²) in [4.78, 5) is 50.1. The molecule has 3 atom stereocenters. The molecule has 0 saturated heterocycles. The van der Waals surface area contributed by atoms with Crippen molar-refractivity contribution in [2.75, 3.05) is 26.3 Å².